The lowest BCUT2D eigenvalue weighted by atomic mass is 9.72. The molecule has 0 bridgehead atoms. The molecule has 1 unspecified atom stereocenters. The Kier molecular flexibility index (Phi) is 9.23. The molecule has 2 aliphatic rings. The summed E-state index contributed by atoms with van der Waals surface area (Å²) in [5, 5.41) is 0.138. The van der Waals surface area contributed by atoms with Crippen molar-refractivity contribution in [2.75, 3.05) is 51.2 Å². The van der Waals surface area contributed by atoms with Crippen molar-refractivity contribution in [3.63, 3.8) is 0 Å². The lowest BCUT2D eigenvalue weighted by Gasteiger charge is -2.34. The normalized spacial score (nSPS) is 19.5. The third-order valence-electron chi connectivity index (χ3n) is 8.26. The first-order valence-corrected chi connectivity index (χ1v) is 16.3. The lowest BCUT2D eigenvalue weighted by molar-refractivity contribution is -0.121. The Bertz CT molecular complexity index is 1660. The summed E-state index contributed by atoms with van der Waals surface area (Å²) in [4.78, 5) is 18.8. The van der Waals surface area contributed by atoms with Crippen LogP contribution in [-0.4, -0.2) is 77.1 Å². The summed E-state index contributed by atoms with van der Waals surface area (Å²) in [5.74, 6) is -2.41. The van der Waals surface area contributed by atoms with E-state index in [0.29, 0.717) is 17.3 Å². The highest BCUT2D eigenvalue weighted by Crippen LogP contribution is 2.53. The van der Waals surface area contributed by atoms with Crippen molar-refractivity contribution in [1.82, 2.24) is 9.80 Å². The van der Waals surface area contributed by atoms with Crippen molar-refractivity contribution in [2.24, 2.45) is 0 Å². The van der Waals surface area contributed by atoms with Gasteiger partial charge in [0.25, 0.3) is 15.9 Å². The van der Waals surface area contributed by atoms with Crippen LogP contribution in [0.25, 0.3) is 0 Å². The molecule has 44 heavy (non-hydrogen) atoms. The predicted molar refractivity (Wildman–Crippen MR) is 165 cm³/mol. The summed E-state index contributed by atoms with van der Waals surface area (Å²) >= 11 is 6.56. The summed E-state index contributed by atoms with van der Waals surface area (Å²) in [6.07, 6.45) is 0.232. The van der Waals surface area contributed by atoms with Crippen LogP contribution >= 0.6 is 11.6 Å². The Morgan fingerprint density at radius 1 is 0.955 bits per heavy atom. The summed E-state index contributed by atoms with van der Waals surface area (Å²) in [6.45, 7) is 7.56. The van der Waals surface area contributed by atoms with E-state index in [1.807, 2.05) is 0 Å². The van der Waals surface area contributed by atoms with E-state index in [1.165, 1.54) is 49.6 Å². The molecule has 1 saturated heterocycles. The van der Waals surface area contributed by atoms with Gasteiger partial charge in [0, 0.05) is 37.8 Å². The summed E-state index contributed by atoms with van der Waals surface area (Å²) in [6, 6.07) is 11.9. The Morgan fingerprint density at radius 3 is 2.30 bits per heavy atom. The largest absolute Gasteiger partial charge is 0.495 e. The van der Waals surface area contributed by atoms with Gasteiger partial charge in [-0.1, -0.05) is 29.8 Å². The molecule has 2 aliphatic heterocycles. The Morgan fingerprint density at radius 2 is 1.66 bits per heavy atom. The maximum Gasteiger partial charge on any atom is 0.271 e. The van der Waals surface area contributed by atoms with Crippen LogP contribution in [0, 0.1) is 11.6 Å². The molecule has 1 fully saturated rings. The fraction of sp³-hybridized carbons (Fsp3) is 0.406. The van der Waals surface area contributed by atoms with Gasteiger partial charge in [-0.05, 0) is 76.2 Å². The van der Waals surface area contributed by atoms with Crippen molar-refractivity contribution in [1.29, 1.82) is 0 Å². The van der Waals surface area contributed by atoms with Gasteiger partial charge in [0.15, 0.2) is 11.6 Å². The van der Waals surface area contributed by atoms with Crippen molar-refractivity contribution in [2.45, 2.75) is 43.1 Å². The van der Waals surface area contributed by atoms with Gasteiger partial charge in [-0.25, -0.2) is 21.5 Å². The molecule has 5 rings (SSSR count). The predicted octanol–water partition coefficient (Wildman–Crippen LogP) is 5.46. The van der Waals surface area contributed by atoms with Crippen LogP contribution in [0.5, 0.6) is 11.5 Å². The molecule has 12 heteroatoms. The van der Waals surface area contributed by atoms with Gasteiger partial charge in [-0.2, -0.15) is 0 Å². The van der Waals surface area contributed by atoms with Gasteiger partial charge < -0.3 is 19.3 Å². The third-order valence-corrected chi connectivity index (χ3v) is 10.2. The summed E-state index contributed by atoms with van der Waals surface area (Å²) < 4.78 is 70.7. The molecule has 0 aromatic heterocycles. The Hall–Kier alpha value is -3.25. The van der Waals surface area contributed by atoms with Crippen molar-refractivity contribution < 1.29 is 31.5 Å². The van der Waals surface area contributed by atoms with Gasteiger partial charge in [-0.15, -0.1) is 0 Å². The quantitative estimate of drug-likeness (QED) is 0.289. The smallest absolute Gasteiger partial charge is 0.271 e. The number of benzene rings is 3. The van der Waals surface area contributed by atoms with E-state index in [-0.39, 0.29) is 45.9 Å². The molecule has 0 radical (unpaired) electrons. The van der Waals surface area contributed by atoms with E-state index in [1.54, 1.807) is 19.9 Å². The average Bonchev–Trinajstić information content (AvgIpc) is 3.22. The summed E-state index contributed by atoms with van der Waals surface area (Å²) in [7, 11) is -1.27. The van der Waals surface area contributed by atoms with Crippen molar-refractivity contribution >= 4 is 33.2 Å². The second-order valence-electron chi connectivity index (χ2n) is 11.5. The van der Waals surface area contributed by atoms with E-state index in [4.69, 9.17) is 21.1 Å². The molecule has 8 nitrogen and oxygen atoms in total. The molecule has 1 amide bonds. The molecule has 3 aromatic carbocycles. The first-order chi connectivity index (χ1) is 20.9. The molecule has 1 atom stereocenters. The van der Waals surface area contributed by atoms with E-state index in [2.05, 4.69) is 16.8 Å². The number of carbonyl (C=O) groups excluding carboxylic acids is 1. The molecule has 0 aliphatic carbocycles. The molecular weight excluding hydrogens is 612 g/mol. The molecule has 0 spiro atoms. The number of ether oxygens (including phenoxy) is 2. The highest BCUT2D eigenvalue weighted by Gasteiger charge is 2.57. The van der Waals surface area contributed by atoms with Gasteiger partial charge in [0.05, 0.1) is 28.8 Å². The van der Waals surface area contributed by atoms with E-state index < -0.39 is 37.9 Å². The Labute approximate surface area is 262 Å². The number of sulfonamides is 1. The maximum absolute atomic E-state index is 15.7. The standard InChI is InChI=1S/C32H36ClF2N3O5S/c1-21(2)43-29-11-10-22(18-27(29)35)44(40,41)38-28-20-30(42-4)25(33)19-24(28)32(31(38)39,23-8-5-6-9-26(23)34)12-7-13-37-16-14-36(3)15-17-37/h5-6,8-11,18-21H,7,12-17H2,1-4H3. The number of rotatable bonds is 10. The molecule has 236 valence electrons. The second kappa shape index (κ2) is 12.6. The minimum absolute atomic E-state index is 0.0259. The number of halogens is 3. The number of piperazine rings is 1. The Balaban J connectivity index is 1.65. The number of fused-ring (bicyclic) bond motifs is 1. The van der Waals surface area contributed by atoms with Gasteiger partial charge >= 0.3 is 0 Å². The molecule has 2 heterocycles. The zero-order valence-electron chi connectivity index (χ0n) is 25.1. The van der Waals surface area contributed by atoms with Crippen molar-refractivity contribution in [3.05, 3.63) is 82.4 Å². The number of methoxy groups -OCH3 is 1. The number of hydrogen-bond acceptors (Lipinski definition) is 7. The number of nitrogens with zero attached hydrogens (tertiary/aromatic N) is 3. The van der Waals surface area contributed by atoms with Crippen LogP contribution < -0.4 is 13.8 Å². The van der Waals surface area contributed by atoms with Crippen LogP contribution in [0.1, 0.15) is 37.8 Å². The molecule has 0 N–H and O–H groups in total. The molecule has 3 aromatic rings. The van der Waals surface area contributed by atoms with Crippen LogP contribution in [-0.2, 0) is 20.2 Å². The fourth-order valence-electron chi connectivity index (χ4n) is 6.03. The monoisotopic (exact) mass is 647 g/mol. The number of amides is 1. The summed E-state index contributed by atoms with van der Waals surface area (Å²) in [5.41, 5.74) is -1.48. The number of carbonyl (C=O) groups is 1. The zero-order valence-corrected chi connectivity index (χ0v) is 26.7. The minimum Gasteiger partial charge on any atom is -0.495 e. The number of anilines is 1. The van der Waals surface area contributed by atoms with Crippen LogP contribution in [0.3, 0.4) is 0 Å². The van der Waals surface area contributed by atoms with Gasteiger partial charge in [0.2, 0.25) is 0 Å². The first kappa shape index (κ1) is 32.2. The fourth-order valence-corrected chi connectivity index (χ4v) is 7.75. The van der Waals surface area contributed by atoms with Gasteiger partial charge in [-0.3, -0.25) is 4.79 Å². The molecule has 0 saturated carbocycles. The lowest BCUT2D eigenvalue weighted by Crippen LogP contribution is -2.46. The maximum atomic E-state index is 15.7. The highest BCUT2D eigenvalue weighted by atomic mass is 35.5. The van der Waals surface area contributed by atoms with Gasteiger partial charge in [0.1, 0.15) is 17.0 Å². The van der Waals surface area contributed by atoms with Crippen LogP contribution in [0.15, 0.2) is 59.5 Å². The van der Waals surface area contributed by atoms with Crippen LogP contribution in [0.2, 0.25) is 5.02 Å². The van der Waals surface area contributed by atoms with E-state index >= 15 is 8.78 Å². The second-order valence-corrected chi connectivity index (χ2v) is 13.7. The van der Waals surface area contributed by atoms with E-state index in [9.17, 15) is 13.2 Å². The van der Waals surface area contributed by atoms with Crippen LogP contribution in [0.4, 0.5) is 14.5 Å². The van der Waals surface area contributed by atoms with Crippen molar-refractivity contribution in [3.8, 4) is 11.5 Å². The topological polar surface area (TPSA) is 79.4 Å². The number of hydrogen-bond donors (Lipinski definition) is 0. The highest BCUT2D eigenvalue weighted by molar-refractivity contribution is 7.93. The first-order valence-electron chi connectivity index (χ1n) is 14.5. The SMILES string of the molecule is COc1cc2c(cc1Cl)C(CCCN1CCN(C)CC1)(c1ccccc1F)C(=O)N2S(=O)(=O)c1ccc(OC(C)C)c(F)c1. The third kappa shape index (κ3) is 5.78. The average molecular weight is 648 g/mol. The van der Waals surface area contributed by atoms with E-state index in [0.717, 1.165) is 32.2 Å². The molecular formula is C32H36ClF2N3O5S. The number of likely N-dealkylation sites (N-methyl/N-ethyl adjacent to an activating group) is 1. The zero-order chi connectivity index (χ0) is 31.8. The minimum atomic E-state index is -4.70.